The van der Waals surface area contributed by atoms with Gasteiger partial charge in [0.25, 0.3) is 11.5 Å². The summed E-state index contributed by atoms with van der Waals surface area (Å²) in [5.74, 6) is -1.10. The van der Waals surface area contributed by atoms with Crippen molar-refractivity contribution in [2.45, 2.75) is 32.4 Å². The zero-order chi connectivity index (χ0) is 17.7. The number of rotatable bonds is 6. The maximum absolute atomic E-state index is 12.3. The maximum atomic E-state index is 12.3. The second kappa shape index (κ2) is 7.63. The second-order valence-corrected chi connectivity index (χ2v) is 5.62. The van der Waals surface area contributed by atoms with Crippen molar-refractivity contribution in [2.24, 2.45) is 7.05 Å². The molecule has 128 valence electrons. The third-order valence-corrected chi connectivity index (χ3v) is 3.27. The Morgan fingerprint density at radius 3 is 2.46 bits per heavy atom. The third-order valence-electron chi connectivity index (χ3n) is 3.27. The van der Waals surface area contributed by atoms with Crippen molar-refractivity contribution < 1.29 is 18.8 Å². The Hall–Kier alpha value is -2.83. The third kappa shape index (κ3) is 4.58. The van der Waals surface area contributed by atoms with Crippen molar-refractivity contribution in [3.8, 4) is 0 Å². The first-order valence-corrected chi connectivity index (χ1v) is 7.59. The lowest BCUT2D eigenvalue weighted by atomic mass is 10.0. The number of aromatic nitrogens is 1. The van der Waals surface area contributed by atoms with Crippen LogP contribution < -0.4 is 10.9 Å². The summed E-state index contributed by atoms with van der Waals surface area (Å²) in [4.78, 5) is 35.7. The van der Waals surface area contributed by atoms with Gasteiger partial charge in [0.1, 0.15) is 0 Å². The van der Waals surface area contributed by atoms with Gasteiger partial charge >= 0.3 is 5.97 Å². The molecule has 24 heavy (non-hydrogen) atoms. The molecule has 1 aromatic heterocycles. The molecule has 0 spiro atoms. The molecule has 1 aromatic carbocycles. The van der Waals surface area contributed by atoms with Gasteiger partial charge in [0.05, 0.1) is 24.6 Å². The number of hydrogen-bond acceptors (Lipinski definition) is 5. The van der Waals surface area contributed by atoms with Gasteiger partial charge in [0.15, 0.2) is 0 Å². The number of esters is 1. The first-order chi connectivity index (χ1) is 11.4. The molecule has 0 aliphatic heterocycles. The molecule has 1 atom stereocenters. The molecule has 1 amide bonds. The van der Waals surface area contributed by atoms with Crippen molar-refractivity contribution in [1.82, 2.24) is 10.1 Å². The topological polar surface area (TPSA) is 90.5 Å². The highest BCUT2D eigenvalue weighted by Gasteiger charge is 2.22. The zero-order valence-corrected chi connectivity index (χ0v) is 13.8. The van der Waals surface area contributed by atoms with Crippen LogP contribution in [0.4, 0.5) is 0 Å². The molecule has 7 nitrogen and oxygen atoms in total. The number of aryl methyl sites for hydroxylation is 1. The minimum absolute atomic E-state index is 0.0228. The minimum atomic E-state index is -0.588. The Morgan fingerprint density at radius 2 is 1.92 bits per heavy atom. The number of nitrogens with one attached hydrogen (secondary N) is 1. The van der Waals surface area contributed by atoms with Crippen LogP contribution >= 0.6 is 0 Å². The van der Waals surface area contributed by atoms with E-state index in [0.717, 1.165) is 16.4 Å². The van der Waals surface area contributed by atoms with Crippen LogP contribution in [0.15, 0.2) is 45.7 Å². The molecule has 0 fully saturated rings. The normalized spacial score (nSPS) is 12.0. The first-order valence-electron chi connectivity index (χ1n) is 7.59. The van der Waals surface area contributed by atoms with Crippen molar-refractivity contribution in [3.05, 3.63) is 58.1 Å². The first kappa shape index (κ1) is 17.5. The van der Waals surface area contributed by atoms with E-state index in [1.165, 1.54) is 7.05 Å². The molecule has 0 radical (unpaired) electrons. The minimum Gasteiger partial charge on any atom is -0.463 e. The van der Waals surface area contributed by atoms with Crippen molar-refractivity contribution in [1.29, 1.82) is 0 Å². The maximum Gasteiger partial charge on any atom is 0.308 e. The smallest absolute Gasteiger partial charge is 0.308 e. The SMILES string of the molecule is CC(C)OC(=O)C[C@@H](NC(=O)c1cc(=O)n(C)o1)c1ccccc1. The highest BCUT2D eigenvalue weighted by molar-refractivity contribution is 5.91. The lowest BCUT2D eigenvalue weighted by molar-refractivity contribution is -0.147. The van der Waals surface area contributed by atoms with E-state index in [1.54, 1.807) is 26.0 Å². The molecule has 0 aliphatic rings. The Morgan fingerprint density at radius 1 is 1.25 bits per heavy atom. The van der Waals surface area contributed by atoms with Gasteiger partial charge in [-0.1, -0.05) is 30.3 Å². The Balaban J connectivity index is 2.18. The van der Waals surface area contributed by atoms with Crippen LogP contribution in [0, 0.1) is 0 Å². The predicted molar refractivity (Wildman–Crippen MR) is 86.4 cm³/mol. The lowest BCUT2D eigenvalue weighted by Crippen LogP contribution is -2.31. The molecular formula is C17H20N2O5. The Kier molecular flexibility index (Phi) is 5.57. The van der Waals surface area contributed by atoms with Crippen LogP contribution in [0.5, 0.6) is 0 Å². The summed E-state index contributed by atoms with van der Waals surface area (Å²) < 4.78 is 11.2. The van der Waals surface area contributed by atoms with E-state index in [2.05, 4.69) is 5.32 Å². The number of ether oxygens (including phenoxy) is 1. The summed E-state index contributed by atoms with van der Waals surface area (Å²) >= 11 is 0. The molecule has 2 aromatic rings. The van der Waals surface area contributed by atoms with E-state index < -0.39 is 23.5 Å². The zero-order valence-electron chi connectivity index (χ0n) is 13.8. The number of benzene rings is 1. The van der Waals surface area contributed by atoms with Crippen LogP contribution in [0.3, 0.4) is 0 Å². The fraction of sp³-hybridized carbons (Fsp3) is 0.353. The molecule has 7 heteroatoms. The molecule has 0 bridgehead atoms. The average molecular weight is 332 g/mol. The van der Waals surface area contributed by atoms with Gasteiger partial charge in [-0.05, 0) is 19.4 Å². The average Bonchev–Trinajstić information content (AvgIpc) is 2.86. The number of carbonyl (C=O) groups excluding carboxylic acids is 2. The number of hydrogen-bond donors (Lipinski definition) is 1. The standard InChI is InChI=1S/C17H20N2O5/c1-11(2)23-16(21)9-13(12-7-5-4-6-8-12)18-17(22)14-10-15(20)19(3)24-14/h4-8,10-11,13H,9H2,1-3H3,(H,18,22)/t13-/m1/s1. The highest BCUT2D eigenvalue weighted by atomic mass is 16.5. The highest BCUT2D eigenvalue weighted by Crippen LogP contribution is 2.18. The summed E-state index contributed by atoms with van der Waals surface area (Å²) in [7, 11) is 1.41. The van der Waals surface area contributed by atoms with Gasteiger partial charge in [-0.15, -0.1) is 0 Å². The van der Waals surface area contributed by atoms with Gasteiger partial charge in [-0.2, -0.15) is 4.74 Å². The summed E-state index contributed by atoms with van der Waals surface area (Å²) in [6.45, 7) is 3.51. The molecular weight excluding hydrogens is 312 g/mol. The van der Waals surface area contributed by atoms with E-state index in [9.17, 15) is 14.4 Å². The molecule has 2 rings (SSSR count). The molecule has 0 saturated carbocycles. The fourth-order valence-corrected chi connectivity index (χ4v) is 2.17. The Labute approximate surface area is 139 Å². The van der Waals surface area contributed by atoms with Gasteiger partial charge < -0.3 is 14.6 Å². The number of carbonyl (C=O) groups is 2. The molecule has 1 heterocycles. The van der Waals surface area contributed by atoms with Crippen LogP contribution in [0.1, 0.15) is 42.4 Å². The predicted octanol–water partition coefficient (Wildman–Crippen LogP) is 1.79. The van der Waals surface area contributed by atoms with Crippen LogP contribution in [0.25, 0.3) is 0 Å². The monoisotopic (exact) mass is 332 g/mol. The van der Waals surface area contributed by atoms with Gasteiger partial charge in [-0.25, -0.2) is 0 Å². The van der Waals surface area contributed by atoms with E-state index in [1.807, 2.05) is 18.2 Å². The van der Waals surface area contributed by atoms with E-state index in [0.29, 0.717) is 0 Å². The number of amides is 1. The fourth-order valence-electron chi connectivity index (χ4n) is 2.17. The van der Waals surface area contributed by atoms with Gasteiger partial charge in [-0.3, -0.25) is 14.4 Å². The van der Waals surface area contributed by atoms with E-state index >= 15 is 0 Å². The summed E-state index contributed by atoms with van der Waals surface area (Å²) in [6, 6.07) is 9.57. The molecule has 1 N–H and O–H groups in total. The van der Waals surface area contributed by atoms with Gasteiger partial charge in [0.2, 0.25) is 5.76 Å². The quantitative estimate of drug-likeness (QED) is 0.815. The number of nitrogens with zero attached hydrogens (tertiary/aromatic N) is 1. The lowest BCUT2D eigenvalue weighted by Gasteiger charge is -2.18. The largest absolute Gasteiger partial charge is 0.463 e. The van der Waals surface area contributed by atoms with Crippen molar-refractivity contribution in [2.75, 3.05) is 0 Å². The van der Waals surface area contributed by atoms with Crippen LogP contribution in [-0.2, 0) is 16.6 Å². The molecule has 0 aliphatic carbocycles. The summed E-state index contributed by atoms with van der Waals surface area (Å²) in [5, 5.41) is 2.71. The summed E-state index contributed by atoms with van der Waals surface area (Å²) in [5.41, 5.74) is 0.334. The van der Waals surface area contributed by atoms with Crippen molar-refractivity contribution in [3.63, 3.8) is 0 Å². The van der Waals surface area contributed by atoms with Crippen LogP contribution in [0.2, 0.25) is 0 Å². The molecule has 0 saturated heterocycles. The van der Waals surface area contributed by atoms with E-state index in [4.69, 9.17) is 9.26 Å². The van der Waals surface area contributed by atoms with Crippen LogP contribution in [-0.4, -0.2) is 22.7 Å². The summed E-state index contributed by atoms with van der Waals surface area (Å²) in [6.07, 6.45) is -0.262. The van der Waals surface area contributed by atoms with Gasteiger partial charge in [0, 0.05) is 7.05 Å². The second-order valence-electron chi connectivity index (χ2n) is 5.62. The Bertz CT molecular complexity index is 761. The molecule has 0 unspecified atom stereocenters. The van der Waals surface area contributed by atoms with Crippen molar-refractivity contribution >= 4 is 11.9 Å². The van der Waals surface area contributed by atoms with E-state index in [-0.39, 0.29) is 18.3 Å².